The van der Waals surface area contributed by atoms with Crippen molar-refractivity contribution in [1.29, 1.82) is 0 Å². The summed E-state index contributed by atoms with van der Waals surface area (Å²) in [5.41, 5.74) is 1.53. The molecule has 1 aromatic rings. The van der Waals surface area contributed by atoms with Gasteiger partial charge in [-0.2, -0.15) is 9.48 Å². The van der Waals surface area contributed by atoms with Gasteiger partial charge in [0.15, 0.2) is 17.4 Å². The maximum atomic E-state index is 13.0. The van der Waals surface area contributed by atoms with Gasteiger partial charge in [0.2, 0.25) is 5.91 Å². The van der Waals surface area contributed by atoms with E-state index in [9.17, 15) is 14.4 Å². The average Bonchev–Trinajstić information content (AvgIpc) is 2.80. The fraction of sp³-hybridized carbons (Fsp3) is 0.409. The average molecular weight is 458 g/mol. The molecule has 3 aliphatic rings. The summed E-state index contributed by atoms with van der Waals surface area (Å²) in [6.07, 6.45) is 3.31. The maximum absolute atomic E-state index is 13.0. The van der Waals surface area contributed by atoms with Gasteiger partial charge in [0.25, 0.3) is 5.84 Å². The first-order valence-corrected chi connectivity index (χ1v) is 11.4. The number of aliphatic imine (C=N–C) groups is 1. The van der Waals surface area contributed by atoms with Gasteiger partial charge in [0, 0.05) is 16.7 Å². The lowest BCUT2D eigenvalue weighted by atomic mass is 9.96. The van der Waals surface area contributed by atoms with Crippen LogP contribution in [0.25, 0.3) is 0 Å². The molecular formula is C22H25N4O5S+. The van der Waals surface area contributed by atoms with Crippen molar-refractivity contribution >= 4 is 47.3 Å². The number of hydrogen-bond acceptors (Lipinski definition) is 7. The van der Waals surface area contributed by atoms with Crippen LogP contribution < -0.4 is 14.8 Å². The highest BCUT2D eigenvalue weighted by molar-refractivity contribution is 8.03. The standard InChI is InChI=1S/C22H24N4O5S/c1-4-5-13-11-23-20-18(21(28)26(3)22(29)25(20)2)19(13)32-12-17(27)24-14-6-7-15-16(10-14)31-9-8-30-15/h6-7,10-11,18H,4-5,8-9,12H2,1-3H3/p+1. The minimum Gasteiger partial charge on any atom is -0.486 e. The molecule has 9 nitrogen and oxygen atoms in total. The summed E-state index contributed by atoms with van der Waals surface area (Å²) in [5, 5.41) is 2.87. The van der Waals surface area contributed by atoms with Crippen LogP contribution in [0.15, 0.2) is 33.7 Å². The van der Waals surface area contributed by atoms with E-state index in [0.717, 1.165) is 28.2 Å². The Kier molecular flexibility index (Phi) is 6.31. The maximum Gasteiger partial charge on any atom is 0.445 e. The zero-order valence-corrected chi connectivity index (χ0v) is 19.0. The van der Waals surface area contributed by atoms with Gasteiger partial charge in [-0.3, -0.25) is 9.59 Å². The highest BCUT2D eigenvalue weighted by atomic mass is 32.2. The monoisotopic (exact) mass is 457 g/mol. The molecule has 0 spiro atoms. The van der Waals surface area contributed by atoms with Gasteiger partial charge in [0.05, 0.1) is 19.8 Å². The predicted octanol–water partition coefficient (Wildman–Crippen LogP) is 2.52. The molecule has 168 valence electrons. The number of nitrogens with one attached hydrogen (secondary N) is 1. The van der Waals surface area contributed by atoms with Crippen molar-refractivity contribution in [2.45, 2.75) is 19.8 Å². The van der Waals surface area contributed by atoms with E-state index in [0.29, 0.717) is 36.2 Å². The van der Waals surface area contributed by atoms with Crippen molar-refractivity contribution in [3.8, 4) is 11.5 Å². The molecule has 10 heteroatoms. The summed E-state index contributed by atoms with van der Waals surface area (Å²) in [6, 6.07) is 4.84. The van der Waals surface area contributed by atoms with Crippen molar-refractivity contribution in [3.63, 3.8) is 0 Å². The number of rotatable bonds is 6. The van der Waals surface area contributed by atoms with Gasteiger partial charge in [-0.05, 0) is 24.1 Å². The molecule has 0 fully saturated rings. The van der Waals surface area contributed by atoms with Crippen molar-refractivity contribution in [3.05, 3.63) is 28.7 Å². The number of carbonyl (C=O) groups excluding carboxylic acids is 3. The van der Waals surface area contributed by atoms with Crippen LogP contribution in [-0.4, -0.2) is 72.4 Å². The first-order valence-electron chi connectivity index (χ1n) is 10.4. The van der Waals surface area contributed by atoms with Crippen LogP contribution >= 0.6 is 11.8 Å². The Hall–Kier alpha value is -3.14. The zero-order valence-electron chi connectivity index (χ0n) is 18.2. The summed E-state index contributed by atoms with van der Waals surface area (Å²) in [5.74, 6) is 0.544. The van der Waals surface area contributed by atoms with Crippen molar-refractivity contribution in [2.24, 2.45) is 10.9 Å². The second kappa shape index (κ2) is 9.15. The molecule has 1 N–H and O–H groups in total. The Bertz CT molecular complexity index is 1080. The quantitative estimate of drug-likeness (QED) is 0.659. The third kappa shape index (κ3) is 4.14. The minimum absolute atomic E-state index is 0.114. The number of allylic oxidation sites excluding steroid dienone is 1. The van der Waals surface area contributed by atoms with Crippen LogP contribution in [0.5, 0.6) is 11.5 Å². The third-order valence-corrected chi connectivity index (χ3v) is 6.60. The molecule has 4 rings (SSSR count). The molecule has 32 heavy (non-hydrogen) atoms. The van der Waals surface area contributed by atoms with E-state index in [-0.39, 0.29) is 17.6 Å². The lowest BCUT2D eigenvalue weighted by Gasteiger charge is -2.28. The number of amides is 4. The number of urea groups is 1. The second-order valence-corrected chi connectivity index (χ2v) is 8.64. The molecule has 0 saturated heterocycles. The topological polar surface area (TPSA) is 100 Å². The lowest BCUT2D eigenvalue weighted by Crippen LogP contribution is -2.52. The summed E-state index contributed by atoms with van der Waals surface area (Å²) < 4.78 is 12.5. The third-order valence-electron chi connectivity index (χ3n) is 5.39. The van der Waals surface area contributed by atoms with Crippen LogP contribution in [0.4, 0.5) is 10.5 Å². The Morgan fingerprint density at radius 1 is 1.28 bits per heavy atom. The molecule has 1 aromatic carbocycles. The summed E-state index contributed by atoms with van der Waals surface area (Å²) in [6.45, 7) is 3.01. The number of anilines is 1. The molecule has 3 aliphatic heterocycles. The van der Waals surface area contributed by atoms with Crippen LogP contribution in [0.3, 0.4) is 0 Å². The molecule has 1 unspecified atom stereocenters. The fourth-order valence-corrected chi connectivity index (χ4v) is 4.87. The Morgan fingerprint density at radius 2 is 2.03 bits per heavy atom. The molecule has 0 saturated carbocycles. The molecule has 0 radical (unpaired) electrons. The Labute approximate surface area is 190 Å². The normalized spacial score (nSPS) is 20.0. The van der Waals surface area contributed by atoms with E-state index in [1.807, 2.05) is 6.92 Å². The number of carbonyl (C=O) groups is 3. The molecule has 0 aromatic heterocycles. The van der Waals surface area contributed by atoms with Crippen LogP contribution in [0, 0.1) is 5.92 Å². The summed E-state index contributed by atoms with van der Waals surface area (Å²) >= 11 is 1.31. The number of imide groups is 1. The lowest BCUT2D eigenvalue weighted by molar-refractivity contribution is -0.407. The number of dihydropyridines is 1. The number of hydrogen-bond donors (Lipinski definition) is 1. The highest BCUT2D eigenvalue weighted by Crippen LogP contribution is 2.36. The molecule has 0 bridgehead atoms. The van der Waals surface area contributed by atoms with E-state index < -0.39 is 11.9 Å². The van der Waals surface area contributed by atoms with Crippen molar-refractivity contribution in [2.75, 3.05) is 38.4 Å². The van der Waals surface area contributed by atoms with Gasteiger partial charge >= 0.3 is 11.9 Å². The van der Waals surface area contributed by atoms with Gasteiger partial charge in [0.1, 0.15) is 19.4 Å². The molecular weight excluding hydrogens is 432 g/mol. The number of nitrogens with zero attached hydrogens (tertiary/aromatic N) is 3. The molecule has 1 atom stereocenters. The molecule has 3 heterocycles. The highest BCUT2D eigenvalue weighted by Gasteiger charge is 2.48. The van der Waals surface area contributed by atoms with E-state index in [2.05, 4.69) is 10.3 Å². The first-order chi connectivity index (χ1) is 15.4. The number of ether oxygens (including phenoxy) is 2. The summed E-state index contributed by atoms with van der Waals surface area (Å²) in [4.78, 5) is 44.2. The van der Waals surface area contributed by atoms with Crippen LogP contribution in [-0.2, 0) is 9.59 Å². The van der Waals surface area contributed by atoms with E-state index in [1.165, 1.54) is 23.4 Å². The number of fused-ring (bicyclic) bond motifs is 2. The summed E-state index contributed by atoms with van der Waals surface area (Å²) in [7, 11) is 3.07. The van der Waals surface area contributed by atoms with E-state index in [1.54, 1.807) is 31.5 Å². The van der Waals surface area contributed by atoms with Gasteiger partial charge < -0.3 is 14.8 Å². The van der Waals surface area contributed by atoms with E-state index in [4.69, 9.17) is 9.47 Å². The zero-order chi connectivity index (χ0) is 22.8. The van der Waals surface area contributed by atoms with Gasteiger partial charge in [-0.1, -0.05) is 13.3 Å². The Balaban J connectivity index is 1.52. The number of thioether (sulfide) groups is 1. The van der Waals surface area contributed by atoms with Gasteiger partial charge in [-0.25, -0.2) is 4.79 Å². The first kappa shape index (κ1) is 22.1. The number of benzene rings is 1. The van der Waals surface area contributed by atoms with Gasteiger partial charge in [-0.15, -0.1) is 16.8 Å². The van der Waals surface area contributed by atoms with Crippen molar-refractivity contribution in [1.82, 2.24) is 4.90 Å². The SMILES string of the molecule is CCCC1=C(SCC(=O)Nc2ccc3c(c2)OCCO3)C2C(=O)N(C)C(=O)[N+](C)=C2N=C1. The molecule has 4 amide bonds. The largest absolute Gasteiger partial charge is 0.486 e. The fourth-order valence-electron chi connectivity index (χ4n) is 3.79. The minimum atomic E-state index is -0.679. The van der Waals surface area contributed by atoms with Crippen LogP contribution in [0.1, 0.15) is 19.8 Å². The smallest absolute Gasteiger partial charge is 0.445 e. The van der Waals surface area contributed by atoms with Crippen LogP contribution in [0.2, 0.25) is 0 Å². The molecule has 0 aliphatic carbocycles. The Morgan fingerprint density at radius 3 is 2.78 bits per heavy atom. The van der Waals surface area contributed by atoms with Crippen molar-refractivity contribution < 1.29 is 28.4 Å². The van der Waals surface area contributed by atoms with E-state index >= 15 is 0 Å². The second-order valence-electron chi connectivity index (χ2n) is 7.62. The predicted molar refractivity (Wildman–Crippen MR) is 122 cm³/mol. The number of amidine groups is 1.